The van der Waals surface area contributed by atoms with E-state index in [1.807, 2.05) is 0 Å². The molecular weight excluding hydrogens is 1080 g/mol. The summed E-state index contributed by atoms with van der Waals surface area (Å²) >= 11 is 0. The molecule has 30 nitrogen and oxygen atoms in total. The number of hydrogen-bond donors (Lipinski definition) is 16. The van der Waals surface area contributed by atoms with E-state index < -0.39 is 195 Å². The second-order valence-electron chi connectivity index (χ2n) is 18.7. The third-order valence-corrected chi connectivity index (χ3v) is 13.6. The minimum atomic E-state index is -2.17. The molecule has 20 atom stereocenters. The molecule has 4 aliphatic rings. The third kappa shape index (κ3) is 12.1. The fourth-order valence-electron chi connectivity index (χ4n) is 9.23. The van der Waals surface area contributed by atoms with E-state index in [1.165, 1.54) is 56.7 Å². The summed E-state index contributed by atoms with van der Waals surface area (Å²) in [6.07, 6.45) is -35.9. The Labute approximate surface area is 450 Å². The van der Waals surface area contributed by atoms with Crippen LogP contribution in [-0.4, -0.2) is 251 Å². The lowest BCUT2D eigenvalue weighted by atomic mass is 9.97. The molecule has 30 heteroatoms. The molecule has 5 heterocycles. The molecule has 4 aromatic rings. The maximum atomic E-state index is 14.7. The second-order valence-corrected chi connectivity index (χ2v) is 18.7. The Balaban J connectivity index is 1.10. The van der Waals surface area contributed by atoms with Gasteiger partial charge in [0.05, 0.1) is 40.6 Å². The van der Waals surface area contributed by atoms with Crippen LogP contribution in [0.5, 0.6) is 40.2 Å². The Morgan fingerprint density at radius 3 is 1.66 bits per heavy atom. The van der Waals surface area contributed by atoms with Crippen LogP contribution in [0.3, 0.4) is 0 Å². The van der Waals surface area contributed by atoms with Crippen LogP contribution in [0.1, 0.15) is 5.56 Å². The third-order valence-electron chi connectivity index (χ3n) is 13.6. The van der Waals surface area contributed by atoms with Crippen molar-refractivity contribution in [1.82, 2.24) is 0 Å². The van der Waals surface area contributed by atoms with E-state index in [1.54, 1.807) is 0 Å². The predicted octanol–water partition coefficient (Wildman–Crippen LogP) is -5.14. The van der Waals surface area contributed by atoms with Crippen molar-refractivity contribution in [2.45, 2.75) is 123 Å². The molecule has 80 heavy (non-hydrogen) atoms. The molecule has 16 N–H and O–H groups in total. The summed E-state index contributed by atoms with van der Waals surface area (Å²) in [5.74, 6) is -4.51. The summed E-state index contributed by atoms with van der Waals surface area (Å²) in [4.78, 5) is 28.1. The number of phenols is 3. The smallest absolute Gasteiger partial charge is 0.331 e. The van der Waals surface area contributed by atoms with Crippen LogP contribution in [0.25, 0.3) is 28.4 Å². The SMILES string of the molecule is COc1cc(/C=C/C(=O)OC2C(OC3C(Oc4c(-c5ccc(O)cc5)oc5cc(OC6OC(CO)C(OC7OC(CO)C(O)C(O)C7O)C(O)C6O)cc(O)c5c4=O)OC(CO)C(O)C3O)OC(CO)C(O)C2O)cc(OC)c1O. The van der Waals surface area contributed by atoms with E-state index in [0.717, 1.165) is 18.2 Å². The number of rotatable bonds is 18. The number of phenolic OH excluding ortho intramolecular Hbond substituents is 3. The van der Waals surface area contributed by atoms with Crippen molar-refractivity contribution in [1.29, 1.82) is 0 Å². The molecule has 20 unspecified atom stereocenters. The number of methoxy groups -OCH3 is 2. The highest BCUT2D eigenvalue weighted by Gasteiger charge is 2.54. The van der Waals surface area contributed by atoms with Crippen LogP contribution >= 0.6 is 0 Å². The van der Waals surface area contributed by atoms with Crippen molar-refractivity contribution in [3.05, 3.63) is 70.4 Å². The zero-order chi connectivity index (χ0) is 58.0. The average Bonchev–Trinajstić information content (AvgIpc) is 3.61. The lowest BCUT2D eigenvalue weighted by molar-refractivity contribution is -0.358. The summed E-state index contributed by atoms with van der Waals surface area (Å²) in [7, 11) is 2.54. The monoisotopic (exact) mass is 1140 g/mol. The summed E-state index contributed by atoms with van der Waals surface area (Å²) in [6.45, 7) is -3.71. The Kier molecular flexibility index (Phi) is 19.0. The molecule has 3 aromatic carbocycles. The Hall–Kier alpha value is -6.08. The lowest BCUT2D eigenvalue weighted by Crippen LogP contribution is -2.65. The number of esters is 1. The van der Waals surface area contributed by atoms with Crippen molar-refractivity contribution in [2.24, 2.45) is 0 Å². The topological polar surface area (TPSA) is 472 Å². The summed E-state index contributed by atoms with van der Waals surface area (Å²) in [6, 6.07) is 9.40. The number of hydrogen-bond acceptors (Lipinski definition) is 30. The van der Waals surface area contributed by atoms with Gasteiger partial charge in [0.15, 0.2) is 42.0 Å². The molecule has 4 saturated heterocycles. The zero-order valence-electron chi connectivity index (χ0n) is 42.0. The van der Waals surface area contributed by atoms with Gasteiger partial charge in [0, 0.05) is 23.8 Å². The van der Waals surface area contributed by atoms with Crippen molar-refractivity contribution in [3.63, 3.8) is 0 Å². The maximum Gasteiger partial charge on any atom is 0.331 e. The molecule has 440 valence electrons. The number of aromatic hydroxyl groups is 3. The van der Waals surface area contributed by atoms with Gasteiger partial charge in [-0.05, 0) is 48.0 Å². The zero-order valence-corrected chi connectivity index (χ0v) is 42.0. The van der Waals surface area contributed by atoms with Gasteiger partial charge in [-0.25, -0.2) is 4.79 Å². The number of benzene rings is 3. The molecule has 0 amide bonds. The fourth-order valence-corrected chi connectivity index (χ4v) is 9.23. The normalized spacial score (nSPS) is 34.7. The van der Waals surface area contributed by atoms with Gasteiger partial charge in [0.1, 0.15) is 114 Å². The van der Waals surface area contributed by atoms with Crippen LogP contribution < -0.4 is 24.4 Å². The minimum Gasteiger partial charge on any atom is -0.508 e. The van der Waals surface area contributed by atoms with Gasteiger partial charge < -0.3 is 138 Å². The molecular formula is C50H60O30. The number of aliphatic hydroxyl groups is 13. The predicted molar refractivity (Wildman–Crippen MR) is 259 cm³/mol. The van der Waals surface area contributed by atoms with E-state index in [2.05, 4.69) is 0 Å². The standard InChI is InChI=1S/C50H60O30/c1-69-23-9-17(10-24(70-2)31(23)58)3-8-29(57)77-45-37(64)33(60)26(14-52)74-49(45)80-46-38(65)34(61)27(15-53)75-50(46)79-44-35(62)30-21(56)11-20(12-22(30)72-42(44)18-4-6-19(55)7-5-18)71-47-41(68)39(66)43(28(16-54)76-47)78-48-40(67)36(63)32(59)25(13-51)73-48/h3-12,25-28,32-34,36-41,43,45-56,58-61,63-68H,13-16H2,1-2H3/b8-3+. The van der Waals surface area contributed by atoms with Crippen LogP contribution in [0, 0.1) is 0 Å². The maximum absolute atomic E-state index is 14.7. The van der Waals surface area contributed by atoms with Gasteiger partial charge in [0.25, 0.3) is 0 Å². The van der Waals surface area contributed by atoms with Crippen molar-refractivity contribution in [2.75, 3.05) is 40.6 Å². The minimum absolute atomic E-state index is 0.0247. The van der Waals surface area contributed by atoms with E-state index in [4.69, 9.17) is 56.5 Å². The van der Waals surface area contributed by atoms with Crippen LogP contribution in [0.2, 0.25) is 0 Å². The van der Waals surface area contributed by atoms with Crippen LogP contribution in [0.4, 0.5) is 0 Å². The molecule has 0 aliphatic carbocycles. The highest BCUT2D eigenvalue weighted by atomic mass is 16.8. The summed E-state index contributed by atoms with van der Waals surface area (Å²) < 4.78 is 68.0. The highest BCUT2D eigenvalue weighted by molar-refractivity contribution is 5.89. The fraction of sp³-hybridized carbons (Fsp3) is 0.520. The molecule has 0 saturated carbocycles. The Morgan fingerprint density at radius 1 is 0.562 bits per heavy atom. The molecule has 0 spiro atoms. The largest absolute Gasteiger partial charge is 0.508 e. The molecule has 0 bridgehead atoms. The average molecular weight is 1140 g/mol. The van der Waals surface area contributed by atoms with Crippen LogP contribution in [-0.2, 0) is 38.0 Å². The number of aliphatic hydroxyl groups excluding tert-OH is 13. The van der Waals surface area contributed by atoms with Gasteiger partial charge in [0.2, 0.25) is 29.5 Å². The van der Waals surface area contributed by atoms with Gasteiger partial charge in [-0.3, -0.25) is 4.79 Å². The number of carbonyl (C=O) groups is 1. The van der Waals surface area contributed by atoms with Gasteiger partial charge >= 0.3 is 5.97 Å². The first-order valence-corrected chi connectivity index (χ1v) is 24.5. The summed E-state index contributed by atoms with van der Waals surface area (Å²) in [5, 5.41) is 170. The lowest BCUT2D eigenvalue weighted by Gasteiger charge is -2.46. The second kappa shape index (κ2) is 25.4. The molecule has 1 aromatic heterocycles. The van der Waals surface area contributed by atoms with E-state index >= 15 is 0 Å². The van der Waals surface area contributed by atoms with E-state index in [0.29, 0.717) is 0 Å². The number of ether oxygens (including phenoxy) is 11. The van der Waals surface area contributed by atoms with Gasteiger partial charge in [-0.2, -0.15) is 0 Å². The summed E-state index contributed by atoms with van der Waals surface area (Å²) in [5.41, 5.74) is -1.45. The number of fused-ring (bicyclic) bond motifs is 1. The Bertz CT molecular complexity index is 2820. The first-order chi connectivity index (χ1) is 38.2. The van der Waals surface area contributed by atoms with E-state index in [9.17, 15) is 91.3 Å². The van der Waals surface area contributed by atoms with Gasteiger partial charge in [-0.1, -0.05) is 0 Å². The number of carbonyl (C=O) groups excluding carboxylic acids is 1. The molecule has 8 rings (SSSR count). The molecule has 4 aliphatic heterocycles. The van der Waals surface area contributed by atoms with Crippen molar-refractivity contribution >= 4 is 23.0 Å². The van der Waals surface area contributed by atoms with Gasteiger partial charge in [-0.15, -0.1) is 0 Å². The molecule has 4 fully saturated rings. The van der Waals surface area contributed by atoms with E-state index in [-0.39, 0.29) is 34.1 Å². The first kappa shape index (κ1) is 60.0. The quantitative estimate of drug-likeness (QED) is 0.0327. The first-order valence-electron chi connectivity index (χ1n) is 24.5. The molecule has 0 radical (unpaired) electrons. The Morgan fingerprint density at radius 2 is 1.07 bits per heavy atom. The highest BCUT2D eigenvalue weighted by Crippen LogP contribution is 2.41. The van der Waals surface area contributed by atoms with Crippen molar-refractivity contribution in [3.8, 4) is 51.6 Å². The van der Waals surface area contributed by atoms with Crippen molar-refractivity contribution < 1.29 is 143 Å². The van der Waals surface area contributed by atoms with Crippen LogP contribution in [0.15, 0.2) is 63.8 Å².